The van der Waals surface area contributed by atoms with E-state index in [-0.39, 0.29) is 6.04 Å². The van der Waals surface area contributed by atoms with Crippen molar-refractivity contribution in [3.05, 3.63) is 34.1 Å². The van der Waals surface area contributed by atoms with Gasteiger partial charge < -0.3 is 9.84 Å². The number of rotatable bonds is 2. The first kappa shape index (κ1) is 11.9. The molecule has 1 atom stereocenters. The van der Waals surface area contributed by atoms with Crippen molar-refractivity contribution in [3.8, 4) is 11.5 Å². The summed E-state index contributed by atoms with van der Waals surface area (Å²) in [6, 6.07) is 6.30. The Labute approximate surface area is 114 Å². The molecule has 0 aliphatic carbocycles. The van der Waals surface area contributed by atoms with Gasteiger partial charge in [-0.1, -0.05) is 27.2 Å². The van der Waals surface area contributed by atoms with Gasteiger partial charge >= 0.3 is 0 Å². The maximum absolute atomic E-state index is 5.38. The molecule has 2 heterocycles. The number of hydrogen-bond donors (Lipinski definition) is 1. The molecule has 1 aliphatic heterocycles. The summed E-state index contributed by atoms with van der Waals surface area (Å²) in [5, 5.41) is 7.45. The molecule has 94 valence electrons. The minimum Gasteiger partial charge on any atom is -0.334 e. The lowest BCUT2D eigenvalue weighted by Gasteiger charge is -2.02. The maximum Gasteiger partial charge on any atom is 0.258 e. The Kier molecular flexibility index (Phi) is 3.18. The molecule has 18 heavy (non-hydrogen) atoms. The second-order valence-electron chi connectivity index (χ2n) is 4.57. The highest BCUT2D eigenvalue weighted by Crippen LogP contribution is 2.28. The van der Waals surface area contributed by atoms with Crippen LogP contribution in [0.25, 0.3) is 11.5 Å². The van der Waals surface area contributed by atoms with Crippen LogP contribution in [-0.2, 0) is 0 Å². The molecule has 0 amide bonds. The van der Waals surface area contributed by atoms with E-state index < -0.39 is 0 Å². The van der Waals surface area contributed by atoms with Crippen molar-refractivity contribution < 1.29 is 4.52 Å². The minimum atomic E-state index is 0.245. The van der Waals surface area contributed by atoms with Gasteiger partial charge in [0.05, 0.1) is 6.04 Å². The quantitative estimate of drug-likeness (QED) is 0.925. The van der Waals surface area contributed by atoms with E-state index in [9.17, 15) is 0 Å². The van der Waals surface area contributed by atoms with E-state index in [1.165, 1.54) is 6.42 Å². The van der Waals surface area contributed by atoms with Gasteiger partial charge in [0.15, 0.2) is 5.82 Å². The van der Waals surface area contributed by atoms with Gasteiger partial charge in [0.25, 0.3) is 5.89 Å². The van der Waals surface area contributed by atoms with Gasteiger partial charge in [0, 0.05) is 10.0 Å². The van der Waals surface area contributed by atoms with Crippen LogP contribution in [0.1, 0.15) is 30.3 Å². The summed E-state index contributed by atoms with van der Waals surface area (Å²) in [6.45, 7) is 3.07. The second kappa shape index (κ2) is 4.82. The molecule has 1 aromatic heterocycles. The zero-order valence-corrected chi connectivity index (χ0v) is 11.7. The van der Waals surface area contributed by atoms with E-state index in [2.05, 4.69) is 31.4 Å². The number of aryl methyl sites for hydroxylation is 1. The van der Waals surface area contributed by atoms with Gasteiger partial charge in [-0.3, -0.25) is 0 Å². The lowest BCUT2D eigenvalue weighted by atomic mass is 10.1. The highest BCUT2D eigenvalue weighted by atomic mass is 79.9. The van der Waals surface area contributed by atoms with Crippen LogP contribution in [0, 0.1) is 6.92 Å². The van der Waals surface area contributed by atoms with Crippen molar-refractivity contribution in [1.29, 1.82) is 0 Å². The van der Waals surface area contributed by atoms with E-state index in [1.807, 2.05) is 25.1 Å². The predicted octanol–water partition coefficient (Wildman–Crippen LogP) is 3.23. The number of benzene rings is 1. The highest BCUT2D eigenvalue weighted by molar-refractivity contribution is 9.10. The topological polar surface area (TPSA) is 51.0 Å². The third-order valence-corrected chi connectivity index (χ3v) is 3.74. The summed E-state index contributed by atoms with van der Waals surface area (Å²) in [6.07, 6.45) is 2.25. The third kappa shape index (κ3) is 2.20. The molecule has 1 aromatic carbocycles. The normalized spacial score (nSPS) is 19.3. The van der Waals surface area contributed by atoms with Crippen molar-refractivity contribution in [3.63, 3.8) is 0 Å². The molecule has 4 nitrogen and oxygen atoms in total. The molecule has 1 aliphatic rings. The first-order valence-corrected chi connectivity index (χ1v) is 6.87. The zero-order chi connectivity index (χ0) is 12.5. The van der Waals surface area contributed by atoms with Crippen LogP contribution in [-0.4, -0.2) is 16.7 Å². The molecule has 1 saturated heterocycles. The SMILES string of the molecule is Cc1ccc(Br)cc1-c1nc(C2CCCN2)no1. The summed E-state index contributed by atoms with van der Waals surface area (Å²) < 4.78 is 6.39. The fourth-order valence-corrected chi connectivity index (χ4v) is 2.58. The van der Waals surface area contributed by atoms with Crippen LogP contribution < -0.4 is 5.32 Å². The largest absolute Gasteiger partial charge is 0.334 e. The molecule has 2 aromatic rings. The molecular formula is C13H14BrN3O. The Balaban J connectivity index is 1.94. The van der Waals surface area contributed by atoms with Crippen molar-refractivity contribution in [2.24, 2.45) is 0 Å². The third-order valence-electron chi connectivity index (χ3n) is 3.24. The Morgan fingerprint density at radius 2 is 2.33 bits per heavy atom. The lowest BCUT2D eigenvalue weighted by Crippen LogP contribution is -2.14. The summed E-state index contributed by atoms with van der Waals surface area (Å²) in [4.78, 5) is 4.50. The van der Waals surface area contributed by atoms with Gasteiger partial charge in [0.2, 0.25) is 0 Å². The Morgan fingerprint density at radius 1 is 1.44 bits per heavy atom. The molecule has 5 heteroatoms. The number of aromatic nitrogens is 2. The molecule has 0 spiro atoms. The van der Waals surface area contributed by atoms with Crippen LogP contribution >= 0.6 is 15.9 Å². The van der Waals surface area contributed by atoms with Crippen molar-refractivity contribution >= 4 is 15.9 Å². The summed E-state index contributed by atoms with van der Waals surface area (Å²) in [5.74, 6) is 1.36. The second-order valence-corrected chi connectivity index (χ2v) is 5.48. The van der Waals surface area contributed by atoms with Crippen molar-refractivity contribution in [1.82, 2.24) is 15.5 Å². The Hall–Kier alpha value is -1.20. The monoisotopic (exact) mass is 307 g/mol. The first-order valence-electron chi connectivity index (χ1n) is 6.07. The van der Waals surface area contributed by atoms with E-state index in [4.69, 9.17) is 4.52 Å². The van der Waals surface area contributed by atoms with Crippen molar-refractivity contribution in [2.45, 2.75) is 25.8 Å². The predicted molar refractivity (Wildman–Crippen MR) is 72.1 cm³/mol. The molecular weight excluding hydrogens is 294 g/mol. The van der Waals surface area contributed by atoms with E-state index >= 15 is 0 Å². The van der Waals surface area contributed by atoms with Crippen LogP contribution in [0.5, 0.6) is 0 Å². The zero-order valence-electron chi connectivity index (χ0n) is 10.1. The lowest BCUT2D eigenvalue weighted by molar-refractivity contribution is 0.412. The maximum atomic E-state index is 5.38. The number of hydrogen-bond acceptors (Lipinski definition) is 4. The first-order chi connectivity index (χ1) is 8.74. The highest BCUT2D eigenvalue weighted by Gasteiger charge is 2.22. The van der Waals surface area contributed by atoms with Gasteiger partial charge in [-0.15, -0.1) is 0 Å². The average molecular weight is 308 g/mol. The van der Waals surface area contributed by atoms with Crippen LogP contribution in [0.3, 0.4) is 0 Å². The summed E-state index contributed by atoms with van der Waals surface area (Å²) in [7, 11) is 0. The van der Waals surface area contributed by atoms with Gasteiger partial charge in [-0.2, -0.15) is 4.98 Å². The minimum absolute atomic E-state index is 0.245. The summed E-state index contributed by atoms with van der Waals surface area (Å²) in [5.41, 5.74) is 2.12. The molecule has 1 N–H and O–H groups in total. The molecule has 1 fully saturated rings. The molecule has 0 saturated carbocycles. The fraction of sp³-hybridized carbons (Fsp3) is 0.385. The molecule has 0 radical (unpaired) electrons. The fourth-order valence-electron chi connectivity index (χ4n) is 2.22. The molecule has 0 bridgehead atoms. The van der Waals surface area contributed by atoms with Gasteiger partial charge in [-0.25, -0.2) is 0 Å². The van der Waals surface area contributed by atoms with Crippen LogP contribution in [0.4, 0.5) is 0 Å². The van der Waals surface area contributed by atoms with Crippen LogP contribution in [0.15, 0.2) is 27.2 Å². The average Bonchev–Trinajstić information content (AvgIpc) is 3.00. The van der Waals surface area contributed by atoms with Gasteiger partial charge in [0.1, 0.15) is 0 Å². The Morgan fingerprint density at radius 3 is 3.11 bits per heavy atom. The van der Waals surface area contributed by atoms with Crippen molar-refractivity contribution in [2.75, 3.05) is 6.54 Å². The number of nitrogens with zero attached hydrogens (tertiary/aromatic N) is 2. The van der Waals surface area contributed by atoms with Gasteiger partial charge in [-0.05, 0) is 44.0 Å². The van der Waals surface area contributed by atoms with E-state index in [0.717, 1.165) is 34.4 Å². The van der Waals surface area contributed by atoms with Crippen LogP contribution in [0.2, 0.25) is 0 Å². The smallest absolute Gasteiger partial charge is 0.258 e. The standard InChI is InChI=1S/C13H14BrN3O/c1-8-4-5-9(14)7-10(8)13-16-12(17-18-13)11-3-2-6-15-11/h4-5,7,11,15H,2-3,6H2,1H3. The Bertz CT molecular complexity index is 561. The molecule has 1 unspecified atom stereocenters. The van der Waals surface area contributed by atoms with E-state index in [1.54, 1.807) is 0 Å². The summed E-state index contributed by atoms with van der Waals surface area (Å²) >= 11 is 3.46. The number of halogens is 1. The number of nitrogens with one attached hydrogen (secondary N) is 1. The van der Waals surface area contributed by atoms with E-state index in [0.29, 0.717) is 5.89 Å². The molecule has 3 rings (SSSR count).